The van der Waals surface area contributed by atoms with Gasteiger partial charge in [0, 0.05) is 18.8 Å². The second kappa shape index (κ2) is 4.84. The zero-order valence-corrected chi connectivity index (χ0v) is 12.8. The van der Waals surface area contributed by atoms with Crippen LogP contribution in [0.5, 0.6) is 0 Å². The number of aromatic carboxylic acids is 1. The molecule has 3 rings (SSSR count). The molecule has 0 aromatic carbocycles. The number of nitrogens with zero attached hydrogens (tertiary/aromatic N) is 1. The third kappa shape index (κ3) is 2.85. The summed E-state index contributed by atoms with van der Waals surface area (Å²) >= 11 is 0. The van der Waals surface area contributed by atoms with Crippen LogP contribution >= 0.6 is 0 Å². The van der Waals surface area contributed by atoms with Crippen LogP contribution < -0.4 is 4.72 Å². The van der Waals surface area contributed by atoms with E-state index in [1.54, 1.807) is 4.57 Å². The molecular formula is C14H20N2O4S. The summed E-state index contributed by atoms with van der Waals surface area (Å²) in [5.41, 5.74) is 0.0922. The highest BCUT2D eigenvalue weighted by Crippen LogP contribution is 2.40. The van der Waals surface area contributed by atoms with Crippen molar-refractivity contribution in [3.63, 3.8) is 0 Å². The summed E-state index contributed by atoms with van der Waals surface area (Å²) < 4.78 is 28.9. The summed E-state index contributed by atoms with van der Waals surface area (Å²) in [5.74, 6) is -1.09. The Morgan fingerprint density at radius 2 is 2.14 bits per heavy atom. The number of carboxylic acids is 1. The number of aromatic nitrogens is 1. The van der Waals surface area contributed by atoms with Crippen molar-refractivity contribution in [2.75, 3.05) is 6.54 Å². The van der Waals surface area contributed by atoms with E-state index in [0.29, 0.717) is 6.54 Å². The first kappa shape index (κ1) is 14.6. The standard InChI is InChI=1S/C14H20N2O4S/c1-14(5-2-6-14)9-15-21(19,20)11-7-12(13(17)18)16(8-11)10-3-4-10/h7-8,10,15H,2-6,9H2,1H3,(H,17,18). The van der Waals surface area contributed by atoms with Gasteiger partial charge in [-0.05, 0) is 37.2 Å². The molecule has 21 heavy (non-hydrogen) atoms. The number of hydrogen-bond donors (Lipinski definition) is 2. The van der Waals surface area contributed by atoms with Crippen LogP contribution in [0.1, 0.15) is 55.6 Å². The van der Waals surface area contributed by atoms with E-state index >= 15 is 0 Å². The molecule has 1 heterocycles. The second-order valence-corrected chi connectivity index (χ2v) is 8.26. The molecule has 6 nitrogen and oxygen atoms in total. The van der Waals surface area contributed by atoms with Crippen LogP contribution in [0.2, 0.25) is 0 Å². The van der Waals surface area contributed by atoms with Crippen molar-refractivity contribution in [3.05, 3.63) is 18.0 Å². The Hall–Kier alpha value is -1.34. The highest BCUT2D eigenvalue weighted by molar-refractivity contribution is 7.89. The third-order valence-electron chi connectivity index (χ3n) is 4.54. The van der Waals surface area contributed by atoms with Crippen LogP contribution in [0, 0.1) is 5.41 Å². The fraction of sp³-hybridized carbons (Fsp3) is 0.643. The van der Waals surface area contributed by atoms with E-state index in [2.05, 4.69) is 11.6 Å². The van der Waals surface area contributed by atoms with Crippen molar-refractivity contribution in [3.8, 4) is 0 Å². The Labute approximate surface area is 124 Å². The van der Waals surface area contributed by atoms with Gasteiger partial charge in [-0.3, -0.25) is 0 Å². The van der Waals surface area contributed by atoms with Crippen LogP contribution in [0.3, 0.4) is 0 Å². The van der Waals surface area contributed by atoms with Gasteiger partial charge in [0.1, 0.15) is 10.6 Å². The van der Waals surface area contributed by atoms with Gasteiger partial charge in [0.25, 0.3) is 0 Å². The van der Waals surface area contributed by atoms with Crippen molar-refractivity contribution in [2.24, 2.45) is 5.41 Å². The predicted molar refractivity (Wildman–Crippen MR) is 76.8 cm³/mol. The summed E-state index contributed by atoms with van der Waals surface area (Å²) in [4.78, 5) is 11.3. The van der Waals surface area contributed by atoms with E-state index in [9.17, 15) is 18.3 Å². The summed E-state index contributed by atoms with van der Waals surface area (Å²) in [6, 6.07) is 1.38. The lowest BCUT2D eigenvalue weighted by atomic mass is 9.71. The summed E-state index contributed by atoms with van der Waals surface area (Å²) in [7, 11) is -3.64. The zero-order valence-electron chi connectivity index (χ0n) is 12.0. The average molecular weight is 312 g/mol. The normalized spacial score (nSPS) is 21.0. The van der Waals surface area contributed by atoms with Crippen molar-refractivity contribution in [1.82, 2.24) is 9.29 Å². The molecular weight excluding hydrogens is 292 g/mol. The Morgan fingerprint density at radius 1 is 1.48 bits per heavy atom. The molecule has 2 saturated carbocycles. The molecule has 116 valence electrons. The quantitative estimate of drug-likeness (QED) is 0.841. The maximum Gasteiger partial charge on any atom is 0.352 e. The minimum absolute atomic E-state index is 0.0434. The van der Waals surface area contributed by atoms with Gasteiger partial charge in [0.05, 0.1) is 0 Å². The molecule has 1 aromatic rings. The number of nitrogens with one attached hydrogen (secondary N) is 1. The molecule has 0 radical (unpaired) electrons. The molecule has 2 aliphatic carbocycles. The van der Waals surface area contributed by atoms with Crippen molar-refractivity contribution in [1.29, 1.82) is 0 Å². The number of rotatable bonds is 6. The number of carboxylic acid groups (broad SMARTS) is 1. The molecule has 0 atom stereocenters. The van der Waals surface area contributed by atoms with E-state index in [-0.39, 0.29) is 22.0 Å². The molecule has 0 bridgehead atoms. The SMILES string of the molecule is CC1(CNS(=O)(=O)c2cc(C(=O)O)n(C3CC3)c2)CCC1. The first-order valence-corrected chi connectivity index (χ1v) is 8.74. The van der Waals surface area contributed by atoms with E-state index in [1.807, 2.05) is 0 Å². The second-order valence-electron chi connectivity index (χ2n) is 6.49. The van der Waals surface area contributed by atoms with E-state index in [4.69, 9.17) is 0 Å². The molecule has 0 aliphatic heterocycles. The minimum atomic E-state index is -3.64. The fourth-order valence-electron chi connectivity index (χ4n) is 2.74. The molecule has 2 fully saturated rings. The Balaban J connectivity index is 1.81. The van der Waals surface area contributed by atoms with Gasteiger partial charge >= 0.3 is 5.97 Å². The topological polar surface area (TPSA) is 88.4 Å². The van der Waals surface area contributed by atoms with Gasteiger partial charge in [0.2, 0.25) is 10.0 Å². The van der Waals surface area contributed by atoms with E-state index < -0.39 is 16.0 Å². The van der Waals surface area contributed by atoms with E-state index in [1.165, 1.54) is 12.3 Å². The maximum atomic E-state index is 12.3. The van der Waals surface area contributed by atoms with Gasteiger partial charge in [-0.2, -0.15) is 0 Å². The monoisotopic (exact) mass is 312 g/mol. The smallest absolute Gasteiger partial charge is 0.352 e. The minimum Gasteiger partial charge on any atom is -0.477 e. The van der Waals surface area contributed by atoms with Crippen LogP contribution in [0.15, 0.2) is 17.2 Å². The van der Waals surface area contributed by atoms with Gasteiger partial charge < -0.3 is 9.67 Å². The molecule has 1 aromatic heterocycles. The van der Waals surface area contributed by atoms with Gasteiger partial charge in [-0.1, -0.05) is 13.3 Å². The highest BCUT2D eigenvalue weighted by Gasteiger charge is 2.34. The molecule has 0 unspecified atom stereocenters. The third-order valence-corrected chi connectivity index (χ3v) is 5.91. The van der Waals surface area contributed by atoms with Crippen molar-refractivity contribution < 1.29 is 18.3 Å². The Kier molecular flexibility index (Phi) is 3.37. The molecule has 2 N–H and O–H groups in total. The molecule has 2 aliphatic rings. The summed E-state index contributed by atoms with van der Waals surface area (Å²) in [6.45, 7) is 2.48. The largest absolute Gasteiger partial charge is 0.477 e. The lowest BCUT2D eigenvalue weighted by Gasteiger charge is -2.38. The van der Waals surface area contributed by atoms with Gasteiger partial charge in [-0.25, -0.2) is 17.9 Å². The first-order valence-electron chi connectivity index (χ1n) is 7.26. The van der Waals surface area contributed by atoms with Crippen molar-refractivity contribution >= 4 is 16.0 Å². The molecule has 0 spiro atoms. The van der Waals surface area contributed by atoms with Crippen LogP contribution in [-0.4, -0.2) is 30.6 Å². The average Bonchev–Trinajstić information content (AvgIpc) is 3.12. The molecule has 0 saturated heterocycles. The van der Waals surface area contributed by atoms with Crippen LogP contribution in [0.4, 0.5) is 0 Å². The van der Waals surface area contributed by atoms with Crippen LogP contribution in [0.25, 0.3) is 0 Å². The Morgan fingerprint density at radius 3 is 2.62 bits per heavy atom. The van der Waals surface area contributed by atoms with Gasteiger partial charge in [-0.15, -0.1) is 0 Å². The molecule has 7 heteroatoms. The lowest BCUT2D eigenvalue weighted by Crippen LogP contribution is -2.39. The van der Waals surface area contributed by atoms with Crippen molar-refractivity contribution in [2.45, 2.75) is 50.0 Å². The lowest BCUT2D eigenvalue weighted by molar-refractivity contribution is 0.0685. The predicted octanol–water partition coefficient (Wildman–Crippen LogP) is 1.99. The first-order chi connectivity index (χ1) is 9.81. The summed E-state index contributed by atoms with van der Waals surface area (Å²) in [5, 5.41) is 9.19. The van der Waals surface area contributed by atoms with E-state index in [0.717, 1.165) is 32.1 Å². The maximum absolute atomic E-state index is 12.3. The van der Waals surface area contributed by atoms with Crippen LogP contribution in [-0.2, 0) is 10.0 Å². The zero-order chi connectivity index (χ0) is 15.3. The summed E-state index contributed by atoms with van der Waals surface area (Å²) in [6.07, 6.45) is 6.45. The highest BCUT2D eigenvalue weighted by atomic mass is 32.2. The number of carbonyl (C=O) groups is 1. The number of sulfonamides is 1. The fourth-order valence-corrected chi connectivity index (χ4v) is 3.96. The number of hydrogen-bond acceptors (Lipinski definition) is 3. The van der Waals surface area contributed by atoms with Gasteiger partial charge in [0.15, 0.2) is 0 Å². The molecule has 0 amide bonds. The Bertz CT molecular complexity index is 669.